The molecule has 132 valence electrons. The van der Waals surface area contributed by atoms with E-state index in [4.69, 9.17) is 27.9 Å². The van der Waals surface area contributed by atoms with Crippen molar-refractivity contribution in [2.45, 2.75) is 13.0 Å². The van der Waals surface area contributed by atoms with Crippen LogP contribution in [0, 0.1) is 0 Å². The van der Waals surface area contributed by atoms with E-state index in [0.717, 1.165) is 0 Å². The van der Waals surface area contributed by atoms with Crippen LogP contribution in [0.1, 0.15) is 17.4 Å². The van der Waals surface area contributed by atoms with Gasteiger partial charge in [0.15, 0.2) is 16.9 Å². The summed E-state index contributed by atoms with van der Waals surface area (Å²) in [6.45, 7) is 5.58. The van der Waals surface area contributed by atoms with Gasteiger partial charge < -0.3 is 15.4 Å². The fourth-order valence-corrected chi connectivity index (χ4v) is 2.97. The number of carbonyl (C=O) groups is 2. The van der Waals surface area contributed by atoms with E-state index >= 15 is 0 Å². The van der Waals surface area contributed by atoms with Gasteiger partial charge in [-0.3, -0.25) is 4.79 Å². The molecule has 9 heteroatoms. The fourth-order valence-electron chi connectivity index (χ4n) is 1.75. The van der Waals surface area contributed by atoms with Crippen molar-refractivity contribution in [3.8, 4) is 0 Å². The van der Waals surface area contributed by atoms with E-state index in [1.807, 2.05) is 0 Å². The molecule has 2 rings (SSSR count). The zero-order valence-electron chi connectivity index (χ0n) is 13.2. The lowest BCUT2D eigenvalue weighted by Gasteiger charge is -2.13. The van der Waals surface area contributed by atoms with Gasteiger partial charge in [-0.15, -0.1) is 17.9 Å². The molecule has 0 fully saturated rings. The molecule has 6 nitrogen and oxygen atoms in total. The summed E-state index contributed by atoms with van der Waals surface area (Å²) in [5.74, 6) is -1.19. The summed E-state index contributed by atoms with van der Waals surface area (Å²) in [7, 11) is 0. The quantitative estimate of drug-likeness (QED) is 0.537. The number of rotatable bonds is 7. The molecule has 1 amide bonds. The number of anilines is 2. The Morgan fingerprint density at radius 3 is 2.68 bits per heavy atom. The lowest BCUT2D eigenvalue weighted by atomic mass is 10.3. The number of ether oxygens (including phenoxy) is 1. The van der Waals surface area contributed by atoms with Gasteiger partial charge in [-0.1, -0.05) is 29.3 Å². The van der Waals surface area contributed by atoms with Crippen molar-refractivity contribution in [3.63, 3.8) is 0 Å². The number of benzene rings is 1. The summed E-state index contributed by atoms with van der Waals surface area (Å²) < 4.78 is 5.13. The Bertz CT molecular complexity index is 774. The number of carbonyl (C=O) groups excluding carboxylic acids is 2. The number of amides is 1. The minimum absolute atomic E-state index is 0.127. The molecule has 0 saturated heterocycles. The first kappa shape index (κ1) is 19.2. The van der Waals surface area contributed by atoms with Crippen molar-refractivity contribution in [2.75, 3.05) is 17.2 Å². The van der Waals surface area contributed by atoms with Crippen LogP contribution in [-0.4, -0.2) is 29.5 Å². The SMILES string of the molecule is C=CCNc1nc(C(=O)OC(C)C(=O)Nc2cc(Cl)cc(Cl)c2)cs1. The topological polar surface area (TPSA) is 80.3 Å². The third-order valence-electron chi connectivity index (χ3n) is 2.89. The van der Waals surface area contributed by atoms with Gasteiger partial charge in [0.25, 0.3) is 5.91 Å². The summed E-state index contributed by atoms with van der Waals surface area (Å²) in [5, 5.41) is 8.44. The molecule has 1 aromatic heterocycles. The molecule has 0 aliphatic carbocycles. The van der Waals surface area contributed by atoms with Gasteiger partial charge in [0.2, 0.25) is 0 Å². The van der Waals surface area contributed by atoms with Gasteiger partial charge in [0, 0.05) is 27.7 Å². The zero-order chi connectivity index (χ0) is 18.4. The predicted octanol–water partition coefficient (Wildman–Crippen LogP) is 4.23. The number of halogens is 2. The Morgan fingerprint density at radius 1 is 1.36 bits per heavy atom. The van der Waals surface area contributed by atoms with Crippen LogP contribution >= 0.6 is 34.5 Å². The number of nitrogens with one attached hydrogen (secondary N) is 2. The monoisotopic (exact) mass is 399 g/mol. The summed E-state index contributed by atoms with van der Waals surface area (Å²) >= 11 is 13.0. The minimum atomic E-state index is -1.02. The molecular weight excluding hydrogens is 385 g/mol. The summed E-state index contributed by atoms with van der Waals surface area (Å²) in [5.41, 5.74) is 0.539. The van der Waals surface area contributed by atoms with E-state index in [-0.39, 0.29) is 5.69 Å². The highest BCUT2D eigenvalue weighted by Crippen LogP contribution is 2.23. The average Bonchev–Trinajstić information content (AvgIpc) is 3.00. The molecule has 1 unspecified atom stereocenters. The lowest BCUT2D eigenvalue weighted by Crippen LogP contribution is -2.30. The molecule has 1 atom stereocenters. The smallest absolute Gasteiger partial charge is 0.358 e. The van der Waals surface area contributed by atoms with Crippen molar-refractivity contribution in [1.82, 2.24) is 4.98 Å². The highest BCUT2D eigenvalue weighted by atomic mass is 35.5. The van der Waals surface area contributed by atoms with Gasteiger partial charge in [-0.05, 0) is 25.1 Å². The number of aromatic nitrogens is 1. The molecule has 25 heavy (non-hydrogen) atoms. The second-order valence-electron chi connectivity index (χ2n) is 4.90. The molecule has 2 aromatic rings. The zero-order valence-corrected chi connectivity index (χ0v) is 15.5. The van der Waals surface area contributed by atoms with E-state index in [2.05, 4.69) is 22.2 Å². The van der Waals surface area contributed by atoms with Crippen LogP contribution in [0.5, 0.6) is 0 Å². The maximum Gasteiger partial charge on any atom is 0.358 e. The maximum atomic E-state index is 12.1. The van der Waals surface area contributed by atoms with Gasteiger partial charge >= 0.3 is 5.97 Å². The third-order valence-corrected chi connectivity index (χ3v) is 4.13. The molecule has 0 aliphatic rings. The van der Waals surface area contributed by atoms with Gasteiger partial charge in [-0.2, -0.15) is 0 Å². The van der Waals surface area contributed by atoms with Crippen LogP contribution < -0.4 is 10.6 Å². The first-order valence-electron chi connectivity index (χ1n) is 7.17. The third kappa shape index (κ3) is 5.74. The number of hydrogen-bond acceptors (Lipinski definition) is 6. The van der Waals surface area contributed by atoms with Crippen molar-refractivity contribution in [2.24, 2.45) is 0 Å². The molecule has 1 heterocycles. The fraction of sp³-hybridized carbons (Fsp3) is 0.188. The van der Waals surface area contributed by atoms with Crippen molar-refractivity contribution in [3.05, 3.63) is 52.0 Å². The molecule has 0 bridgehead atoms. The van der Waals surface area contributed by atoms with E-state index in [9.17, 15) is 9.59 Å². The lowest BCUT2D eigenvalue weighted by molar-refractivity contribution is -0.123. The molecule has 0 radical (unpaired) electrons. The van der Waals surface area contributed by atoms with Crippen LogP contribution in [0.25, 0.3) is 0 Å². The van der Waals surface area contributed by atoms with Gasteiger partial charge in [0.05, 0.1) is 0 Å². The van der Waals surface area contributed by atoms with E-state index in [1.165, 1.54) is 30.4 Å². The van der Waals surface area contributed by atoms with Crippen LogP contribution in [0.15, 0.2) is 36.2 Å². The van der Waals surface area contributed by atoms with Gasteiger partial charge in [0.1, 0.15) is 0 Å². The number of thiazole rings is 1. The Hall–Kier alpha value is -2.09. The second kappa shape index (κ2) is 8.84. The first-order valence-corrected chi connectivity index (χ1v) is 8.81. The van der Waals surface area contributed by atoms with Crippen LogP contribution in [0.2, 0.25) is 10.0 Å². The first-order chi connectivity index (χ1) is 11.9. The number of nitrogens with zero attached hydrogens (tertiary/aromatic N) is 1. The van der Waals surface area contributed by atoms with Crippen LogP contribution in [0.4, 0.5) is 10.8 Å². The Balaban J connectivity index is 1.94. The molecule has 0 saturated carbocycles. The van der Waals surface area contributed by atoms with Crippen LogP contribution in [-0.2, 0) is 9.53 Å². The summed E-state index contributed by atoms with van der Waals surface area (Å²) in [6.07, 6.45) is 0.657. The molecule has 2 N–H and O–H groups in total. The highest BCUT2D eigenvalue weighted by molar-refractivity contribution is 7.13. The molecule has 1 aromatic carbocycles. The van der Waals surface area contributed by atoms with Crippen molar-refractivity contribution in [1.29, 1.82) is 0 Å². The average molecular weight is 400 g/mol. The van der Waals surface area contributed by atoms with E-state index in [1.54, 1.807) is 17.5 Å². The van der Waals surface area contributed by atoms with E-state index in [0.29, 0.717) is 27.4 Å². The largest absolute Gasteiger partial charge is 0.448 e. The highest BCUT2D eigenvalue weighted by Gasteiger charge is 2.21. The van der Waals surface area contributed by atoms with Gasteiger partial charge in [-0.25, -0.2) is 9.78 Å². The normalized spacial score (nSPS) is 11.5. The summed E-state index contributed by atoms with van der Waals surface area (Å²) in [6, 6.07) is 4.62. The Kier molecular flexibility index (Phi) is 6.81. The molecule has 0 aliphatic heterocycles. The minimum Gasteiger partial charge on any atom is -0.448 e. The predicted molar refractivity (Wildman–Crippen MR) is 101 cm³/mol. The molecule has 0 spiro atoms. The second-order valence-corrected chi connectivity index (χ2v) is 6.63. The molecular formula is C16H15Cl2N3O3S. The Morgan fingerprint density at radius 2 is 2.04 bits per heavy atom. The number of hydrogen-bond donors (Lipinski definition) is 2. The standard InChI is InChI=1S/C16H15Cl2N3O3S/c1-3-4-19-16-21-13(8-25-16)15(23)24-9(2)14(22)20-12-6-10(17)5-11(18)7-12/h3,5-9H,1,4H2,2H3,(H,19,21)(H,20,22). The summed E-state index contributed by atoms with van der Waals surface area (Å²) in [4.78, 5) is 28.3. The van der Waals surface area contributed by atoms with Crippen LogP contribution in [0.3, 0.4) is 0 Å². The van der Waals surface area contributed by atoms with Crippen molar-refractivity contribution >= 4 is 57.2 Å². The Labute approximate surface area is 158 Å². The van der Waals surface area contributed by atoms with Crippen molar-refractivity contribution < 1.29 is 14.3 Å². The van der Waals surface area contributed by atoms with E-state index < -0.39 is 18.0 Å². The maximum absolute atomic E-state index is 12.1. The number of esters is 1.